The molecular weight excluding hydrogens is 210 g/mol. The van der Waals surface area contributed by atoms with Crippen LogP contribution in [0.4, 0.5) is 8.78 Å². The van der Waals surface area contributed by atoms with Crippen LogP contribution in [0.2, 0.25) is 0 Å². The van der Waals surface area contributed by atoms with Crippen molar-refractivity contribution in [2.24, 2.45) is 0 Å². The summed E-state index contributed by atoms with van der Waals surface area (Å²) in [4.78, 5) is 21.1. The summed E-state index contributed by atoms with van der Waals surface area (Å²) in [5.41, 5.74) is 0. The van der Waals surface area contributed by atoms with Crippen molar-refractivity contribution in [1.29, 1.82) is 0 Å². The molecule has 0 atom stereocenters. The fraction of sp³-hybridized carbons (Fsp3) is 0.333. The van der Waals surface area contributed by atoms with Gasteiger partial charge in [0.2, 0.25) is 11.7 Å². The van der Waals surface area contributed by atoms with E-state index in [9.17, 15) is 18.4 Å². The van der Waals surface area contributed by atoms with Crippen LogP contribution in [-0.4, -0.2) is 25.2 Å². The van der Waals surface area contributed by atoms with Gasteiger partial charge in [0.15, 0.2) is 0 Å². The number of esters is 2. The van der Waals surface area contributed by atoms with Crippen LogP contribution in [0.1, 0.15) is 6.92 Å². The predicted molar refractivity (Wildman–Crippen MR) is 47.0 cm³/mol. The van der Waals surface area contributed by atoms with E-state index in [1.165, 1.54) is 6.92 Å². The van der Waals surface area contributed by atoms with Crippen LogP contribution in [0, 0.1) is 0 Å². The first-order chi connectivity index (χ1) is 6.99. The SMILES string of the molecule is C=C(F)C(=O)OC/C=C(\F)C(=O)OCC. The van der Waals surface area contributed by atoms with Crippen LogP contribution in [0.15, 0.2) is 24.3 Å². The fourth-order valence-corrected chi connectivity index (χ4v) is 0.552. The summed E-state index contributed by atoms with van der Waals surface area (Å²) < 4.78 is 33.2. The molecule has 0 aliphatic rings. The number of hydrogen-bond donors (Lipinski definition) is 0. The molecule has 0 aliphatic carbocycles. The Bertz CT molecular complexity index is 296. The zero-order chi connectivity index (χ0) is 11.8. The van der Waals surface area contributed by atoms with Crippen LogP contribution >= 0.6 is 0 Å². The van der Waals surface area contributed by atoms with E-state index in [0.717, 1.165) is 0 Å². The van der Waals surface area contributed by atoms with E-state index >= 15 is 0 Å². The number of halogens is 2. The van der Waals surface area contributed by atoms with Crippen molar-refractivity contribution in [3.05, 3.63) is 24.3 Å². The third kappa shape index (κ3) is 5.56. The Morgan fingerprint density at radius 3 is 2.33 bits per heavy atom. The summed E-state index contributed by atoms with van der Waals surface area (Å²) in [5.74, 6) is -4.95. The first-order valence-electron chi connectivity index (χ1n) is 4.03. The summed E-state index contributed by atoms with van der Waals surface area (Å²) in [6, 6.07) is 0. The van der Waals surface area contributed by atoms with E-state index in [0.29, 0.717) is 6.08 Å². The van der Waals surface area contributed by atoms with Gasteiger partial charge in [-0.1, -0.05) is 6.58 Å². The number of carbonyl (C=O) groups excluding carboxylic acids is 2. The lowest BCUT2D eigenvalue weighted by Crippen LogP contribution is -2.07. The minimum atomic E-state index is -1.30. The van der Waals surface area contributed by atoms with Crippen LogP contribution in [0.3, 0.4) is 0 Å². The van der Waals surface area contributed by atoms with Gasteiger partial charge in [0.1, 0.15) is 6.61 Å². The molecule has 6 heteroatoms. The van der Waals surface area contributed by atoms with Crippen LogP contribution in [0.25, 0.3) is 0 Å². The Morgan fingerprint density at radius 1 is 1.27 bits per heavy atom. The van der Waals surface area contributed by atoms with E-state index in [1.807, 2.05) is 0 Å². The maximum absolute atomic E-state index is 12.7. The van der Waals surface area contributed by atoms with Crippen LogP contribution in [-0.2, 0) is 19.1 Å². The predicted octanol–water partition coefficient (Wildman–Crippen LogP) is 1.43. The van der Waals surface area contributed by atoms with Gasteiger partial charge in [-0.2, -0.15) is 8.78 Å². The maximum atomic E-state index is 12.7. The zero-order valence-corrected chi connectivity index (χ0v) is 8.09. The van der Waals surface area contributed by atoms with Gasteiger partial charge in [-0.3, -0.25) is 0 Å². The highest BCUT2D eigenvalue weighted by atomic mass is 19.1. The molecule has 15 heavy (non-hydrogen) atoms. The minimum Gasteiger partial charge on any atom is -0.461 e. The second-order valence-corrected chi connectivity index (χ2v) is 2.28. The summed E-state index contributed by atoms with van der Waals surface area (Å²) in [7, 11) is 0. The Hall–Kier alpha value is -1.72. The highest BCUT2D eigenvalue weighted by Crippen LogP contribution is 2.01. The van der Waals surface area contributed by atoms with Gasteiger partial charge >= 0.3 is 11.9 Å². The first kappa shape index (κ1) is 13.3. The second-order valence-electron chi connectivity index (χ2n) is 2.28. The molecule has 0 saturated carbocycles. The molecule has 0 amide bonds. The lowest BCUT2D eigenvalue weighted by Gasteiger charge is -1.99. The summed E-state index contributed by atoms with van der Waals surface area (Å²) in [6.07, 6.45) is 0.666. The topological polar surface area (TPSA) is 52.6 Å². The third-order valence-electron chi connectivity index (χ3n) is 1.17. The average molecular weight is 220 g/mol. The Balaban J connectivity index is 4.01. The fourth-order valence-electron chi connectivity index (χ4n) is 0.552. The number of carbonyl (C=O) groups is 2. The minimum absolute atomic E-state index is 0.0289. The van der Waals surface area contributed by atoms with Crippen molar-refractivity contribution in [3.8, 4) is 0 Å². The lowest BCUT2D eigenvalue weighted by atomic mass is 10.5. The largest absolute Gasteiger partial charge is 0.461 e. The summed E-state index contributed by atoms with van der Waals surface area (Å²) in [6.45, 7) is 3.65. The molecule has 4 nitrogen and oxygen atoms in total. The number of hydrogen-bond acceptors (Lipinski definition) is 4. The van der Waals surface area contributed by atoms with Crippen molar-refractivity contribution in [3.63, 3.8) is 0 Å². The highest BCUT2D eigenvalue weighted by Gasteiger charge is 2.10. The van der Waals surface area contributed by atoms with Gasteiger partial charge in [-0.05, 0) is 13.0 Å². The second kappa shape index (κ2) is 6.69. The Kier molecular flexibility index (Phi) is 5.92. The molecule has 0 fully saturated rings. The molecule has 0 unspecified atom stereocenters. The zero-order valence-electron chi connectivity index (χ0n) is 8.09. The maximum Gasteiger partial charge on any atom is 0.366 e. The molecule has 0 radical (unpaired) electrons. The summed E-state index contributed by atoms with van der Waals surface area (Å²) in [5, 5.41) is 0. The van der Waals surface area contributed by atoms with Gasteiger partial charge in [-0.25, -0.2) is 9.59 Å². The Morgan fingerprint density at radius 2 is 1.87 bits per heavy atom. The highest BCUT2D eigenvalue weighted by molar-refractivity contribution is 5.86. The van der Waals surface area contributed by atoms with E-state index in [1.54, 1.807) is 0 Å². The molecule has 0 saturated heterocycles. The quantitative estimate of drug-likeness (QED) is 0.519. The normalized spacial score (nSPS) is 10.7. The smallest absolute Gasteiger partial charge is 0.366 e. The van der Waals surface area contributed by atoms with Gasteiger partial charge in [0.25, 0.3) is 0 Å². The lowest BCUT2D eigenvalue weighted by molar-refractivity contribution is -0.141. The van der Waals surface area contributed by atoms with Gasteiger partial charge in [0.05, 0.1) is 6.61 Å². The van der Waals surface area contributed by atoms with E-state index in [-0.39, 0.29) is 6.61 Å². The molecule has 0 heterocycles. The standard InChI is InChI=1S/C9H10F2O4/c1-3-14-9(13)7(11)4-5-15-8(12)6(2)10/h4H,2-3,5H2,1H3/b7-4-. The number of ether oxygens (including phenoxy) is 2. The van der Waals surface area contributed by atoms with Crippen molar-refractivity contribution in [2.45, 2.75) is 6.92 Å². The van der Waals surface area contributed by atoms with Crippen molar-refractivity contribution in [1.82, 2.24) is 0 Å². The molecule has 0 spiro atoms. The number of rotatable bonds is 5. The summed E-state index contributed by atoms with van der Waals surface area (Å²) >= 11 is 0. The molecule has 0 N–H and O–H groups in total. The van der Waals surface area contributed by atoms with E-state index in [4.69, 9.17) is 0 Å². The van der Waals surface area contributed by atoms with Crippen LogP contribution in [0.5, 0.6) is 0 Å². The molecule has 0 aromatic heterocycles. The van der Waals surface area contributed by atoms with Crippen molar-refractivity contribution in [2.75, 3.05) is 13.2 Å². The van der Waals surface area contributed by atoms with Crippen molar-refractivity contribution < 1.29 is 27.8 Å². The van der Waals surface area contributed by atoms with E-state index in [2.05, 4.69) is 16.1 Å². The van der Waals surface area contributed by atoms with Crippen molar-refractivity contribution >= 4 is 11.9 Å². The van der Waals surface area contributed by atoms with Crippen LogP contribution < -0.4 is 0 Å². The molecule has 0 aromatic carbocycles. The molecule has 0 bridgehead atoms. The average Bonchev–Trinajstić information content (AvgIpc) is 2.17. The van der Waals surface area contributed by atoms with Gasteiger partial charge in [0, 0.05) is 0 Å². The monoisotopic (exact) mass is 220 g/mol. The molecule has 84 valence electrons. The van der Waals surface area contributed by atoms with E-state index < -0.39 is 30.2 Å². The molecule has 0 aromatic rings. The third-order valence-corrected chi connectivity index (χ3v) is 1.17. The van der Waals surface area contributed by atoms with Gasteiger partial charge < -0.3 is 9.47 Å². The van der Waals surface area contributed by atoms with Gasteiger partial charge in [-0.15, -0.1) is 0 Å². The Labute approximate surface area is 85.2 Å². The molecule has 0 rings (SSSR count). The first-order valence-corrected chi connectivity index (χ1v) is 4.03. The molecule has 0 aliphatic heterocycles. The molecular formula is C9H10F2O4.